The van der Waals surface area contributed by atoms with Crippen molar-refractivity contribution < 1.29 is 28.6 Å². The summed E-state index contributed by atoms with van der Waals surface area (Å²) in [4.78, 5) is 37.7. The van der Waals surface area contributed by atoms with Crippen molar-refractivity contribution in [3.05, 3.63) is 35.4 Å². The lowest BCUT2D eigenvalue weighted by atomic mass is 10.1. The van der Waals surface area contributed by atoms with E-state index < -0.39 is 13.6 Å². The van der Waals surface area contributed by atoms with Crippen LogP contribution >= 0.6 is 7.60 Å². The predicted molar refractivity (Wildman–Crippen MR) is 72.0 cm³/mol. The first-order chi connectivity index (χ1) is 9.89. The van der Waals surface area contributed by atoms with E-state index in [1.54, 1.807) is 24.3 Å². The number of carbonyl (C=O) groups is 2. The summed E-state index contributed by atoms with van der Waals surface area (Å²) < 4.78 is 16.0. The van der Waals surface area contributed by atoms with Crippen LogP contribution in [-0.4, -0.2) is 35.4 Å². The minimum atomic E-state index is -3.86. The number of carbonyl (C=O) groups excluding carboxylic acids is 2. The van der Waals surface area contributed by atoms with Crippen LogP contribution in [0.5, 0.6) is 0 Å². The zero-order chi connectivity index (χ0) is 15.5. The van der Waals surface area contributed by atoms with Gasteiger partial charge in [-0.2, -0.15) is 0 Å². The van der Waals surface area contributed by atoms with Crippen LogP contribution in [-0.2, 0) is 31.6 Å². The van der Waals surface area contributed by atoms with Gasteiger partial charge in [0.15, 0.2) is 0 Å². The first kappa shape index (κ1) is 15.7. The van der Waals surface area contributed by atoms with Crippen molar-refractivity contribution in [3.8, 4) is 0 Å². The number of rotatable bonds is 6. The highest BCUT2D eigenvalue weighted by molar-refractivity contribution is 7.51. The molecule has 0 aliphatic carbocycles. The van der Waals surface area contributed by atoms with E-state index >= 15 is 0 Å². The van der Waals surface area contributed by atoms with E-state index in [0.717, 1.165) is 12.7 Å². The van der Waals surface area contributed by atoms with Crippen LogP contribution in [0.25, 0.3) is 0 Å². The molecule has 1 aromatic rings. The first-order valence-electron chi connectivity index (χ1n) is 6.10. The number of hydrogen-bond acceptors (Lipinski definition) is 5. The summed E-state index contributed by atoms with van der Waals surface area (Å²) in [6, 6.07) is 6.37. The maximum absolute atomic E-state index is 11.6. The molecule has 0 aromatic heterocycles. The van der Waals surface area contributed by atoms with Crippen molar-refractivity contribution in [2.24, 2.45) is 0 Å². The zero-order valence-corrected chi connectivity index (χ0v) is 12.2. The Morgan fingerprint density at radius 1 is 1.38 bits per heavy atom. The molecule has 114 valence electrons. The Morgan fingerprint density at radius 3 is 2.71 bits per heavy atom. The van der Waals surface area contributed by atoms with Crippen molar-refractivity contribution in [3.63, 3.8) is 0 Å². The second kappa shape index (κ2) is 6.36. The van der Waals surface area contributed by atoms with Gasteiger partial charge in [0.25, 0.3) is 0 Å². The second-order valence-corrected chi connectivity index (χ2v) is 6.31. The Morgan fingerprint density at radius 2 is 2.10 bits per heavy atom. The lowest BCUT2D eigenvalue weighted by molar-refractivity contribution is -0.185. The topological polar surface area (TPSA) is 105 Å². The number of nitrogens with one attached hydrogen (secondary N) is 1. The van der Waals surface area contributed by atoms with Crippen molar-refractivity contribution in [2.45, 2.75) is 12.7 Å². The van der Waals surface area contributed by atoms with Crippen molar-refractivity contribution in [1.82, 2.24) is 10.2 Å². The Labute approximate surface area is 121 Å². The minimum absolute atomic E-state index is 0.00827. The summed E-state index contributed by atoms with van der Waals surface area (Å²) in [6.07, 6.45) is -0.209. The van der Waals surface area contributed by atoms with Crippen LogP contribution in [0.4, 0.5) is 4.79 Å². The number of urea groups is 1. The molecule has 21 heavy (non-hydrogen) atoms. The molecule has 1 aliphatic rings. The third kappa shape index (κ3) is 4.37. The fraction of sp³-hybridized carbons (Fsp3) is 0.333. The molecule has 1 aliphatic heterocycles. The number of benzene rings is 1. The molecule has 9 heteroatoms. The molecule has 0 saturated carbocycles. The van der Waals surface area contributed by atoms with Crippen LogP contribution < -0.4 is 5.32 Å². The largest absolute Gasteiger partial charge is 0.359 e. The van der Waals surface area contributed by atoms with Gasteiger partial charge in [0, 0.05) is 6.54 Å². The molecule has 1 unspecified atom stereocenters. The van der Waals surface area contributed by atoms with E-state index in [1.807, 2.05) is 0 Å². The monoisotopic (exact) mass is 314 g/mol. The Balaban J connectivity index is 2.06. The van der Waals surface area contributed by atoms with Crippen molar-refractivity contribution >= 4 is 19.5 Å². The van der Waals surface area contributed by atoms with Crippen LogP contribution in [0.15, 0.2) is 24.3 Å². The molecule has 2 N–H and O–H groups in total. The average molecular weight is 314 g/mol. The van der Waals surface area contributed by atoms with E-state index in [9.17, 15) is 19.0 Å². The van der Waals surface area contributed by atoms with Gasteiger partial charge in [-0.05, 0) is 11.1 Å². The molecule has 8 nitrogen and oxygen atoms in total. The molecule has 3 amide bonds. The maximum atomic E-state index is 11.6. The normalized spacial score (nSPS) is 17.7. The average Bonchev–Trinajstić information content (AvgIpc) is 2.67. The standard InChI is InChI=1S/C12H15N2O6P/c1-19-20-21(17,18)8-10-4-2-3-9(5-10)6-14-7-11(15)13-12(14)16/h2-5H,6-8H2,1H3,(H,17,18)(H,13,15,16). The second-order valence-electron chi connectivity index (χ2n) is 4.57. The summed E-state index contributed by atoms with van der Waals surface area (Å²) in [6.45, 7) is 0.251. The van der Waals surface area contributed by atoms with Gasteiger partial charge in [-0.1, -0.05) is 24.3 Å². The molecular formula is C12H15N2O6P. The first-order valence-corrected chi connectivity index (χ1v) is 7.87. The summed E-state index contributed by atoms with van der Waals surface area (Å²) >= 11 is 0. The van der Waals surface area contributed by atoms with E-state index in [2.05, 4.69) is 14.9 Å². The van der Waals surface area contributed by atoms with Gasteiger partial charge in [0.1, 0.15) is 6.54 Å². The van der Waals surface area contributed by atoms with Gasteiger partial charge in [0.05, 0.1) is 13.3 Å². The fourth-order valence-electron chi connectivity index (χ4n) is 2.03. The van der Waals surface area contributed by atoms with E-state index in [4.69, 9.17) is 0 Å². The Bertz CT molecular complexity index is 605. The quantitative estimate of drug-likeness (QED) is 0.351. The number of nitrogens with zero attached hydrogens (tertiary/aromatic N) is 1. The van der Waals surface area contributed by atoms with Gasteiger partial charge in [0.2, 0.25) is 5.91 Å². The third-order valence-corrected chi connectivity index (χ3v) is 3.95. The number of hydrogen-bond donors (Lipinski definition) is 2. The maximum Gasteiger partial charge on any atom is 0.359 e. The molecule has 1 heterocycles. The lowest BCUT2D eigenvalue weighted by Crippen LogP contribution is -2.27. The molecule has 1 aromatic carbocycles. The van der Waals surface area contributed by atoms with Crippen LogP contribution in [0.1, 0.15) is 11.1 Å². The van der Waals surface area contributed by atoms with E-state index in [0.29, 0.717) is 5.56 Å². The molecule has 0 bridgehead atoms. The SMILES string of the molecule is COOP(=O)(O)Cc1cccc(CN2CC(=O)NC2=O)c1. The van der Waals surface area contributed by atoms with Gasteiger partial charge in [-0.25, -0.2) is 9.68 Å². The molecule has 1 fully saturated rings. The van der Waals surface area contributed by atoms with Gasteiger partial charge in [-0.3, -0.25) is 14.7 Å². The van der Waals surface area contributed by atoms with E-state index in [-0.39, 0.29) is 25.2 Å². The van der Waals surface area contributed by atoms with Gasteiger partial charge in [-0.15, -0.1) is 4.67 Å². The van der Waals surface area contributed by atoms with Crippen LogP contribution in [0, 0.1) is 0 Å². The number of amides is 3. The molecule has 2 rings (SSSR count). The highest BCUT2D eigenvalue weighted by Gasteiger charge is 2.27. The van der Waals surface area contributed by atoms with Crippen molar-refractivity contribution in [2.75, 3.05) is 13.7 Å². The highest BCUT2D eigenvalue weighted by Crippen LogP contribution is 2.45. The molecule has 1 atom stereocenters. The summed E-state index contributed by atoms with van der Waals surface area (Å²) in [5.74, 6) is -0.343. The molecule has 0 spiro atoms. The Hall–Kier alpha value is -1.73. The Kier molecular flexibility index (Phi) is 4.74. The van der Waals surface area contributed by atoms with E-state index in [1.165, 1.54) is 4.90 Å². The van der Waals surface area contributed by atoms with Crippen molar-refractivity contribution in [1.29, 1.82) is 0 Å². The summed E-state index contributed by atoms with van der Waals surface area (Å²) in [5, 5.41) is 2.18. The molecule has 1 saturated heterocycles. The van der Waals surface area contributed by atoms with Gasteiger partial charge < -0.3 is 9.79 Å². The number of imide groups is 1. The third-order valence-electron chi connectivity index (χ3n) is 2.81. The smallest absolute Gasteiger partial charge is 0.323 e. The highest BCUT2D eigenvalue weighted by atomic mass is 31.2. The van der Waals surface area contributed by atoms with Crippen LogP contribution in [0.3, 0.4) is 0 Å². The van der Waals surface area contributed by atoms with Crippen LogP contribution in [0.2, 0.25) is 0 Å². The van der Waals surface area contributed by atoms with Gasteiger partial charge >= 0.3 is 13.6 Å². The fourth-order valence-corrected chi connectivity index (χ4v) is 2.97. The summed E-state index contributed by atoms with van der Waals surface area (Å²) in [7, 11) is -2.71. The zero-order valence-electron chi connectivity index (χ0n) is 11.3. The summed E-state index contributed by atoms with van der Waals surface area (Å²) in [5.41, 5.74) is 1.32. The molecule has 0 radical (unpaired) electrons. The minimum Gasteiger partial charge on any atom is -0.323 e. The molecular weight excluding hydrogens is 299 g/mol. The lowest BCUT2D eigenvalue weighted by Gasteiger charge is -2.14. The predicted octanol–water partition coefficient (Wildman–Crippen LogP) is 1.00.